The van der Waals surface area contributed by atoms with Gasteiger partial charge in [0.2, 0.25) is 5.91 Å². The number of ether oxygens (including phenoxy) is 1. The number of rotatable bonds is 7. The zero-order valence-electron chi connectivity index (χ0n) is 10.5. The summed E-state index contributed by atoms with van der Waals surface area (Å²) in [6.45, 7) is 1.52. The van der Waals surface area contributed by atoms with E-state index in [9.17, 15) is 18.4 Å². The summed E-state index contributed by atoms with van der Waals surface area (Å²) in [5.74, 6) is -0.0540. The Balaban J connectivity index is 2.29. The van der Waals surface area contributed by atoms with Crippen molar-refractivity contribution in [3.05, 3.63) is 0 Å². The molecule has 4 nitrogen and oxygen atoms in total. The maximum Gasteiger partial charge on any atom is 0.261 e. The van der Waals surface area contributed by atoms with Gasteiger partial charge in [0.05, 0.1) is 13.0 Å². The fourth-order valence-corrected chi connectivity index (χ4v) is 2.18. The third kappa shape index (κ3) is 5.08. The molecular weight excluding hydrogens is 244 g/mol. The van der Waals surface area contributed by atoms with Crippen molar-refractivity contribution in [3.8, 4) is 0 Å². The van der Waals surface area contributed by atoms with Crippen molar-refractivity contribution in [1.29, 1.82) is 0 Å². The van der Waals surface area contributed by atoms with E-state index in [1.54, 1.807) is 4.90 Å². The molecule has 0 aliphatic carbocycles. The summed E-state index contributed by atoms with van der Waals surface area (Å²) < 4.78 is 28.3. The van der Waals surface area contributed by atoms with Gasteiger partial charge in [-0.1, -0.05) is 0 Å². The highest BCUT2D eigenvalue weighted by atomic mass is 19.3. The molecule has 1 atom stereocenters. The van der Waals surface area contributed by atoms with Crippen molar-refractivity contribution >= 4 is 11.7 Å². The number of likely N-dealkylation sites (tertiary alicyclic amines) is 1. The molecule has 1 fully saturated rings. The number of hydrogen-bond donors (Lipinski definition) is 0. The normalized spacial score (nSPS) is 19.6. The third-order valence-corrected chi connectivity index (χ3v) is 2.92. The van der Waals surface area contributed by atoms with E-state index in [2.05, 4.69) is 4.74 Å². The van der Waals surface area contributed by atoms with Crippen LogP contribution in [0.5, 0.6) is 0 Å². The number of alkyl halides is 2. The number of hydrogen-bond acceptors (Lipinski definition) is 3. The third-order valence-electron chi connectivity index (χ3n) is 2.92. The molecule has 0 aromatic carbocycles. The Bertz CT molecular complexity index is 297. The number of halogens is 2. The van der Waals surface area contributed by atoms with Crippen molar-refractivity contribution < 1.29 is 23.1 Å². The van der Waals surface area contributed by atoms with E-state index < -0.39 is 13.0 Å². The summed E-state index contributed by atoms with van der Waals surface area (Å²) in [4.78, 5) is 24.6. The first-order chi connectivity index (χ1) is 8.50. The highest BCUT2D eigenvalue weighted by molar-refractivity contribution is 5.80. The molecule has 0 aromatic rings. The monoisotopic (exact) mass is 263 g/mol. The van der Waals surface area contributed by atoms with Crippen molar-refractivity contribution in [2.24, 2.45) is 0 Å². The van der Waals surface area contributed by atoms with Crippen LogP contribution in [0.4, 0.5) is 8.78 Å². The molecule has 0 N–H and O–H groups in total. The molecular formula is C12H19F2NO3. The number of nitrogens with zero attached hydrogens (tertiary/aromatic N) is 1. The van der Waals surface area contributed by atoms with Gasteiger partial charge in [-0.3, -0.25) is 9.59 Å². The number of ketones is 1. The molecule has 1 heterocycles. The molecule has 6 heteroatoms. The molecule has 1 unspecified atom stereocenters. The number of carbonyl (C=O) groups excluding carboxylic acids is 2. The average Bonchev–Trinajstić information content (AvgIpc) is 2.71. The first-order valence-electron chi connectivity index (χ1n) is 6.15. The van der Waals surface area contributed by atoms with E-state index in [1.807, 2.05) is 0 Å². The lowest BCUT2D eigenvalue weighted by Crippen LogP contribution is -2.37. The van der Waals surface area contributed by atoms with Crippen LogP contribution in [0.3, 0.4) is 0 Å². The lowest BCUT2D eigenvalue weighted by atomic mass is 10.1. The Labute approximate surface area is 105 Å². The molecule has 1 saturated heterocycles. The highest BCUT2D eigenvalue weighted by Gasteiger charge is 2.28. The summed E-state index contributed by atoms with van der Waals surface area (Å²) in [5, 5.41) is 0. The standard InChI is InChI=1S/C12H19F2NO3/c1-9(16)7-10-3-2-5-15(10)12(17)4-6-18-8-11(13)14/h10-11H,2-8H2,1H3. The molecule has 0 radical (unpaired) electrons. The molecule has 0 aromatic heterocycles. The van der Waals surface area contributed by atoms with Gasteiger partial charge in [-0.2, -0.15) is 0 Å². The van der Waals surface area contributed by atoms with Gasteiger partial charge in [-0.05, 0) is 19.8 Å². The maximum absolute atomic E-state index is 11.8. The van der Waals surface area contributed by atoms with Gasteiger partial charge in [-0.15, -0.1) is 0 Å². The summed E-state index contributed by atoms with van der Waals surface area (Å²) in [6.07, 6.45) is -0.299. The zero-order chi connectivity index (χ0) is 13.5. The van der Waals surface area contributed by atoms with Crippen LogP contribution in [0.1, 0.15) is 32.6 Å². The van der Waals surface area contributed by atoms with Gasteiger partial charge in [0.1, 0.15) is 12.4 Å². The Kier molecular flexibility index (Phi) is 6.18. The zero-order valence-corrected chi connectivity index (χ0v) is 10.5. The van der Waals surface area contributed by atoms with Gasteiger partial charge in [0.25, 0.3) is 6.43 Å². The van der Waals surface area contributed by atoms with E-state index in [4.69, 9.17) is 0 Å². The topological polar surface area (TPSA) is 46.6 Å². The second-order valence-corrected chi connectivity index (χ2v) is 4.51. The Hall–Kier alpha value is -1.04. The van der Waals surface area contributed by atoms with Crippen LogP contribution < -0.4 is 0 Å². The molecule has 104 valence electrons. The first kappa shape index (κ1) is 15.0. The van der Waals surface area contributed by atoms with Gasteiger partial charge in [0, 0.05) is 19.0 Å². The number of Topliss-reactive ketones (excluding diaryl/α,β-unsaturated/α-hetero) is 1. The van der Waals surface area contributed by atoms with Crippen LogP contribution in [-0.2, 0) is 14.3 Å². The van der Waals surface area contributed by atoms with Crippen LogP contribution in [0.2, 0.25) is 0 Å². The molecule has 18 heavy (non-hydrogen) atoms. The molecule has 1 aliphatic rings. The van der Waals surface area contributed by atoms with Gasteiger partial charge in [0.15, 0.2) is 0 Å². The van der Waals surface area contributed by atoms with Crippen molar-refractivity contribution in [2.45, 2.75) is 45.1 Å². The second-order valence-electron chi connectivity index (χ2n) is 4.51. The van der Waals surface area contributed by atoms with Crippen molar-refractivity contribution in [1.82, 2.24) is 4.90 Å². The van der Waals surface area contributed by atoms with E-state index in [0.29, 0.717) is 13.0 Å². The lowest BCUT2D eigenvalue weighted by molar-refractivity contribution is -0.134. The van der Waals surface area contributed by atoms with Gasteiger partial charge >= 0.3 is 0 Å². The molecule has 0 saturated carbocycles. The quantitative estimate of drug-likeness (QED) is 0.656. The highest BCUT2D eigenvalue weighted by Crippen LogP contribution is 2.21. The van der Waals surface area contributed by atoms with Gasteiger partial charge < -0.3 is 9.64 Å². The Morgan fingerprint density at radius 1 is 1.44 bits per heavy atom. The van der Waals surface area contributed by atoms with Gasteiger partial charge in [-0.25, -0.2) is 8.78 Å². The average molecular weight is 263 g/mol. The molecule has 1 rings (SSSR count). The summed E-state index contributed by atoms with van der Waals surface area (Å²) >= 11 is 0. The lowest BCUT2D eigenvalue weighted by Gasteiger charge is -2.23. The minimum absolute atomic E-state index is 0.00641. The smallest absolute Gasteiger partial charge is 0.261 e. The minimum atomic E-state index is -2.50. The molecule has 1 aliphatic heterocycles. The summed E-state index contributed by atoms with van der Waals surface area (Å²) in [7, 11) is 0. The van der Waals surface area contributed by atoms with E-state index in [-0.39, 0.29) is 30.8 Å². The Morgan fingerprint density at radius 3 is 2.78 bits per heavy atom. The van der Waals surface area contributed by atoms with Crippen LogP contribution in [-0.4, -0.2) is 48.8 Å². The SMILES string of the molecule is CC(=O)CC1CCCN1C(=O)CCOCC(F)F. The minimum Gasteiger partial charge on any atom is -0.375 e. The number of carbonyl (C=O) groups is 2. The largest absolute Gasteiger partial charge is 0.375 e. The molecule has 1 amide bonds. The summed E-state index contributed by atoms with van der Waals surface area (Å²) in [5.41, 5.74) is 0. The summed E-state index contributed by atoms with van der Waals surface area (Å²) in [6, 6.07) is -0.0231. The predicted octanol–water partition coefficient (Wildman–Crippen LogP) is 1.63. The van der Waals surface area contributed by atoms with E-state index in [0.717, 1.165) is 12.8 Å². The number of amides is 1. The van der Waals surface area contributed by atoms with Crippen LogP contribution in [0, 0.1) is 0 Å². The van der Waals surface area contributed by atoms with Crippen molar-refractivity contribution in [3.63, 3.8) is 0 Å². The predicted molar refractivity (Wildman–Crippen MR) is 61.5 cm³/mol. The molecule has 0 bridgehead atoms. The molecule has 0 spiro atoms. The van der Waals surface area contributed by atoms with Crippen LogP contribution in [0.15, 0.2) is 0 Å². The fourth-order valence-electron chi connectivity index (χ4n) is 2.18. The first-order valence-corrected chi connectivity index (χ1v) is 6.15. The second kappa shape index (κ2) is 7.41. The van der Waals surface area contributed by atoms with Crippen LogP contribution >= 0.6 is 0 Å². The Morgan fingerprint density at radius 2 is 2.17 bits per heavy atom. The maximum atomic E-state index is 11.8. The van der Waals surface area contributed by atoms with E-state index >= 15 is 0 Å². The van der Waals surface area contributed by atoms with Crippen molar-refractivity contribution in [2.75, 3.05) is 19.8 Å². The fraction of sp³-hybridized carbons (Fsp3) is 0.833. The van der Waals surface area contributed by atoms with Crippen LogP contribution in [0.25, 0.3) is 0 Å². The van der Waals surface area contributed by atoms with E-state index in [1.165, 1.54) is 6.92 Å².